The Labute approximate surface area is 115 Å². The molecule has 0 fully saturated rings. The minimum absolute atomic E-state index is 0.00618. The van der Waals surface area contributed by atoms with Crippen molar-refractivity contribution in [3.63, 3.8) is 0 Å². The highest BCUT2D eigenvalue weighted by Crippen LogP contribution is 2.25. The number of fused-ring (bicyclic) bond motifs is 1. The molecule has 0 saturated carbocycles. The number of aryl methyl sites for hydroxylation is 1. The monoisotopic (exact) mass is 274 g/mol. The maximum atomic E-state index is 13.5. The van der Waals surface area contributed by atoms with E-state index >= 15 is 0 Å². The van der Waals surface area contributed by atoms with Crippen LogP contribution in [0, 0.1) is 5.82 Å². The van der Waals surface area contributed by atoms with E-state index in [0.717, 1.165) is 25.2 Å². The van der Waals surface area contributed by atoms with Crippen LogP contribution < -0.4 is 5.32 Å². The van der Waals surface area contributed by atoms with Gasteiger partial charge in [0, 0.05) is 12.5 Å². The molecule has 2 aromatic rings. The maximum absolute atomic E-state index is 13.5. The summed E-state index contributed by atoms with van der Waals surface area (Å²) in [6.45, 7) is 2.89. The highest BCUT2D eigenvalue weighted by Gasteiger charge is 2.22. The van der Waals surface area contributed by atoms with Crippen molar-refractivity contribution in [1.29, 1.82) is 0 Å². The third-order valence-corrected chi connectivity index (χ3v) is 3.49. The van der Waals surface area contributed by atoms with Crippen LogP contribution in [0.5, 0.6) is 0 Å². The largest absolute Gasteiger partial charge is 0.289 e. The topological polar surface area (TPSA) is 59.8 Å². The van der Waals surface area contributed by atoms with E-state index in [-0.39, 0.29) is 11.5 Å². The number of benzene rings is 1. The highest BCUT2D eigenvalue weighted by atomic mass is 19.1. The molecule has 3 rings (SSSR count). The van der Waals surface area contributed by atoms with Gasteiger partial charge in [0.15, 0.2) is 0 Å². The van der Waals surface area contributed by atoms with Gasteiger partial charge in [-0.2, -0.15) is 4.98 Å². The number of hydrogen-bond acceptors (Lipinski definition) is 3. The van der Waals surface area contributed by atoms with Gasteiger partial charge in [0.1, 0.15) is 11.6 Å². The van der Waals surface area contributed by atoms with E-state index in [2.05, 4.69) is 22.3 Å². The Kier molecular flexibility index (Phi) is 3.22. The van der Waals surface area contributed by atoms with Crippen molar-refractivity contribution in [1.82, 2.24) is 14.8 Å². The Morgan fingerprint density at radius 3 is 3.00 bits per heavy atom. The van der Waals surface area contributed by atoms with Gasteiger partial charge in [-0.1, -0.05) is 19.1 Å². The molecule has 1 aliphatic heterocycles. The zero-order valence-corrected chi connectivity index (χ0v) is 11.1. The second-order valence-electron chi connectivity index (χ2n) is 4.99. The van der Waals surface area contributed by atoms with Crippen molar-refractivity contribution in [3.8, 4) is 0 Å². The van der Waals surface area contributed by atoms with E-state index in [1.165, 1.54) is 12.1 Å². The van der Waals surface area contributed by atoms with Gasteiger partial charge in [-0.15, -0.1) is 5.10 Å². The number of carbonyl (C=O) groups excluding carboxylic acids is 1. The lowest BCUT2D eigenvalue weighted by Crippen LogP contribution is -2.15. The minimum atomic E-state index is -0.553. The number of hydrogen-bond donors (Lipinski definition) is 1. The van der Waals surface area contributed by atoms with Crippen molar-refractivity contribution < 1.29 is 9.18 Å². The molecule has 1 unspecified atom stereocenters. The first-order valence-electron chi connectivity index (χ1n) is 6.66. The quantitative estimate of drug-likeness (QED) is 0.915. The molecule has 0 aliphatic carbocycles. The number of nitrogens with zero attached hydrogens (tertiary/aromatic N) is 3. The van der Waals surface area contributed by atoms with Gasteiger partial charge >= 0.3 is 0 Å². The summed E-state index contributed by atoms with van der Waals surface area (Å²) < 4.78 is 15.3. The van der Waals surface area contributed by atoms with Crippen molar-refractivity contribution in [2.24, 2.45) is 0 Å². The van der Waals surface area contributed by atoms with Crippen LogP contribution in [-0.4, -0.2) is 20.7 Å². The van der Waals surface area contributed by atoms with Gasteiger partial charge in [0.05, 0.1) is 5.56 Å². The maximum Gasteiger partial charge on any atom is 0.261 e. The molecule has 1 aliphatic rings. The summed E-state index contributed by atoms with van der Waals surface area (Å²) >= 11 is 0. The second kappa shape index (κ2) is 5.03. The van der Waals surface area contributed by atoms with Crippen LogP contribution in [-0.2, 0) is 6.54 Å². The fraction of sp³-hybridized carbons (Fsp3) is 0.357. The minimum Gasteiger partial charge on any atom is -0.289 e. The lowest BCUT2D eigenvalue weighted by atomic mass is 10.0. The van der Waals surface area contributed by atoms with E-state index in [1.54, 1.807) is 12.1 Å². The van der Waals surface area contributed by atoms with Crippen LogP contribution in [0.4, 0.5) is 10.3 Å². The van der Waals surface area contributed by atoms with E-state index in [4.69, 9.17) is 0 Å². The summed E-state index contributed by atoms with van der Waals surface area (Å²) in [5.74, 6) is 0.360. The number of nitrogens with one attached hydrogen (secondary N) is 1. The van der Waals surface area contributed by atoms with Crippen LogP contribution in [0.1, 0.15) is 41.9 Å². The summed E-state index contributed by atoms with van der Waals surface area (Å²) in [7, 11) is 0. The van der Waals surface area contributed by atoms with Crippen molar-refractivity contribution >= 4 is 11.9 Å². The molecule has 0 saturated heterocycles. The Hall–Kier alpha value is -2.24. The molecule has 2 heterocycles. The van der Waals surface area contributed by atoms with Crippen LogP contribution in [0.3, 0.4) is 0 Å². The molecule has 1 aromatic carbocycles. The number of rotatable bonds is 2. The zero-order chi connectivity index (χ0) is 14.1. The summed E-state index contributed by atoms with van der Waals surface area (Å²) in [6.07, 6.45) is 2.12. The van der Waals surface area contributed by atoms with Gasteiger partial charge in [-0.3, -0.25) is 10.1 Å². The molecule has 0 spiro atoms. The van der Waals surface area contributed by atoms with E-state index in [9.17, 15) is 9.18 Å². The van der Waals surface area contributed by atoms with Crippen molar-refractivity contribution in [2.75, 3.05) is 5.32 Å². The average molecular weight is 274 g/mol. The SMILES string of the molecule is CC1CCCn2nc(NC(=O)c3ccccc3F)nc21. The third kappa shape index (κ3) is 2.29. The molecule has 0 radical (unpaired) electrons. The first-order valence-corrected chi connectivity index (χ1v) is 6.66. The Morgan fingerprint density at radius 1 is 1.45 bits per heavy atom. The van der Waals surface area contributed by atoms with E-state index < -0.39 is 11.7 Å². The number of carbonyl (C=O) groups is 1. The zero-order valence-electron chi connectivity index (χ0n) is 11.1. The second-order valence-corrected chi connectivity index (χ2v) is 4.99. The Morgan fingerprint density at radius 2 is 2.25 bits per heavy atom. The fourth-order valence-corrected chi connectivity index (χ4v) is 2.43. The van der Waals surface area contributed by atoms with Crippen LogP contribution >= 0.6 is 0 Å². The van der Waals surface area contributed by atoms with E-state index in [0.29, 0.717) is 5.92 Å². The summed E-state index contributed by atoms with van der Waals surface area (Å²) in [5, 5.41) is 6.80. The predicted octanol–water partition coefficient (Wildman–Crippen LogP) is 2.57. The van der Waals surface area contributed by atoms with Gasteiger partial charge in [0.2, 0.25) is 5.95 Å². The first-order chi connectivity index (χ1) is 9.65. The molecule has 1 amide bonds. The molecule has 6 heteroatoms. The van der Waals surface area contributed by atoms with Crippen molar-refractivity contribution in [2.45, 2.75) is 32.2 Å². The molecule has 20 heavy (non-hydrogen) atoms. The fourth-order valence-electron chi connectivity index (χ4n) is 2.43. The lowest BCUT2D eigenvalue weighted by molar-refractivity contribution is 0.102. The summed E-state index contributed by atoms with van der Waals surface area (Å²) in [4.78, 5) is 16.3. The molecule has 104 valence electrons. The standard InChI is InChI=1S/C14H15FN4O/c1-9-5-4-8-19-12(9)16-14(18-19)17-13(20)10-6-2-3-7-11(10)15/h2-3,6-7,9H,4-5,8H2,1H3,(H,17,18,20). The lowest BCUT2D eigenvalue weighted by Gasteiger charge is -2.17. The third-order valence-electron chi connectivity index (χ3n) is 3.49. The molecule has 1 aromatic heterocycles. The predicted molar refractivity (Wildman–Crippen MR) is 72.0 cm³/mol. The number of halogens is 1. The average Bonchev–Trinajstić information content (AvgIpc) is 2.83. The van der Waals surface area contributed by atoms with Gasteiger partial charge in [0.25, 0.3) is 5.91 Å². The molecular formula is C14H15FN4O. The van der Waals surface area contributed by atoms with Crippen LogP contribution in [0.2, 0.25) is 0 Å². The molecule has 1 atom stereocenters. The Bertz CT molecular complexity index is 652. The van der Waals surface area contributed by atoms with Gasteiger partial charge < -0.3 is 0 Å². The summed E-state index contributed by atoms with van der Waals surface area (Å²) in [5.41, 5.74) is -0.00618. The number of anilines is 1. The molecule has 1 N–H and O–H groups in total. The van der Waals surface area contributed by atoms with Crippen LogP contribution in [0.25, 0.3) is 0 Å². The molecule has 5 nitrogen and oxygen atoms in total. The van der Waals surface area contributed by atoms with Crippen molar-refractivity contribution in [3.05, 3.63) is 41.5 Å². The van der Waals surface area contributed by atoms with E-state index in [1.807, 2.05) is 4.68 Å². The first kappa shape index (κ1) is 12.8. The number of aromatic nitrogens is 3. The van der Waals surface area contributed by atoms with Gasteiger partial charge in [-0.25, -0.2) is 9.07 Å². The number of amides is 1. The van der Waals surface area contributed by atoms with Gasteiger partial charge in [-0.05, 0) is 25.0 Å². The smallest absolute Gasteiger partial charge is 0.261 e. The van der Waals surface area contributed by atoms with Crippen LogP contribution in [0.15, 0.2) is 24.3 Å². The molecular weight excluding hydrogens is 259 g/mol. The summed E-state index contributed by atoms with van der Waals surface area (Å²) in [6, 6.07) is 5.85. The highest BCUT2D eigenvalue weighted by molar-refractivity contribution is 6.03. The Balaban J connectivity index is 1.82. The molecule has 0 bridgehead atoms. The normalized spacial score (nSPS) is 17.6.